The molecular formula is C24H28N2O5. The van der Waals surface area contributed by atoms with Gasteiger partial charge in [0.05, 0.1) is 7.11 Å². The van der Waals surface area contributed by atoms with Gasteiger partial charge in [0, 0.05) is 24.1 Å². The van der Waals surface area contributed by atoms with Crippen molar-refractivity contribution in [3.05, 3.63) is 53.9 Å². The minimum atomic E-state index is -0.845. The molecule has 1 saturated carbocycles. The molecule has 0 bridgehead atoms. The number of hydrogen-bond donors (Lipinski definition) is 2. The Bertz CT molecular complexity index is 1030. The van der Waals surface area contributed by atoms with Crippen LogP contribution in [0, 0.1) is 0 Å². The lowest BCUT2D eigenvalue weighted by Gasteiger charge is -2.17. The number of nitrogens with zero attached hydrogens (tertiary/aromatic N) is 1. The molecule has 2 aromatic carbocycles. The molecule has 3 aromatic rings. The van der Waals surface area contributed by atoms with E-state index in [1.165, 1.54) is 19.3 Å². The summed E-state index contributed by atoms with van der Waals surface area (Å²) in [5, 5.41) is 12.9. The van der Waals surface area contributed by atoms with Crippen LogP contribution in [0.4, 0.5) is 0 Å². The van der Waals surface area contributed by atoms with E-state index < -0.39 is 6.10 Å². The van der Waals surface area contributed by atoms with Gasteiger partial charge in [0.1, 0.15) is 29.7 Å². The van der Waals surface area contributed by atoms with Crippen LogP contribution in [0.1, 0.15) is 54.3 Å². The highest BCUT2D eigenvalue weighted by Crippen LogP contribution is 2.33. The number of oxazole rings is 1. The van der Waals surface area contributed by atoms with Gasteiger partial charge in [-0.2, -0.15) is 0 Å². The molecule has 1 aliphatic rings. The quantitative estimate of drug-likeness (QED) is 0.567. The molecule has 7 heteroatoms. The first-order valence-electron chi connectivity index (χ1n) is 10.8. The second-order valence-corrected chi connectivity index (χ2v) is 7.92. The summed E-state index contributed by atoms with van der Waals surface area (Å²) in [6.45, 7) is 0.129. The Morgan fingerprint density at radius 2 is 2.00 bits per heavy atom. The molecule has 31 heavy (non-hydrogen) atoms. The topological polar surface area (TPSA) is 93.8 Å². The zero-order valence-corrected chi connectivity index (χ0v) is 17.7. The molecule has 1 atom stereocenters. The second kappa shape index (κ2) is 9.83. The molecule has 0 aliphatic heterocycles. The van der Waals surface area contributed by atoms with Crippen molar-refractivity contribution in [2.75, 3.05) is 20.3 Å². The molecule has 7 nitrogen and oxygen atoms in total. The van der Waals surface area contributed by atoms with Gasteiger partial charge in [-0.3, -0.25) is 4.79 Å². The van der Waals surface area contributed by atoms with Gasteiger partial charge < -0.3 is 24.3 Å². The molecule has 1 unspecified atom stereocenters. The summed E-state index contributed by atoms with van der Waals surface area (Å²) in [4.78, 5) is 17.1. The molecular weight excluding hydrogens is 396 g/mol. The van der Waals surface area contributed by atoms with Crippen LogP contribution < -0.4 is 14.8 Å². The van der Waals surface area contributed by atoms with Crippen LogP contribution in [0.3, 0.4) is 0 Å². The highest BCUT2D eigenvalue weighted by Gasteiger charge is 2.21. The maximum absolute atomic E-state index is 12.5. The number of methoxy groups -OCH3 is 1. The van der Waals surface area contributed by atoms with E-state index in [9.17, 15) is 9.90 Å². The predicted molar refractivity (Wildman–Crippen MR) is 117 cm³/mol. The number of rotatable bonds is 8. The van der Waals surface area contributed by atoms with E-state index in [1.807, 2.05) is 18.2 Å². The number of carbonyl (C=O) groups excluding carboxylic acids is 1. The molecule has 1 aliphatic carbocycles. The van der Waals surface area contributed by atoms with E-state index >= 15 is 0 Å². The van der Waals surface area contributed by atoms with Gasteiger partial charge in [0.15, 0.2) is 11.5 Å². The first kappa shape index (κ1) is 21.2. The van der Waals surface area contributed by atoms with E-state index in [0.717, 1.165) is 24.2 Å². The zero-order chi connectivity index (χ0) is 21.6. The molecule has 0 radical (unpaired) electrons. The lowest BCUT2D eigenvalue weighted by Crippen LogP contribution is -2.35. The van der Waals surface area contributed by atoms with Gasteiger partial charge in [-0.15, -0.1) is 0 Å². The zero-order valence-electron chi connectivity index (χ0n) is 17.7. The number of ether oxygens (including phenoxy) is 2. The van der Waals surface area contributed by atoms with Crippen LogP contribution in [-0.4, -0.2) is 42.4 Å². The Morgan fingerprint density at radius 1 is 1.19 bits per heavy atom. The van der Waals surface area contributed by atoms with Crippen molar-refractivity contribution in [3.8, 4) is 11.5 Å². The SMILES string of the molecule is COc1cccc(OCC(O)CNC(=O)c2ccc3nc(C4CCCCC4)oc3c2)c1. The van der Waals surface area contributed by atoms with Crippen molar-refractivity contribution in [3.63, 3.8) is 0 Å². The Kier molecular flexibility index (Phi) is 6.72. The Hall–Kier alpha value is -3.06. The average Bonchev–Trinajstić information content (AvgIpc) is 3.25. The van der Waals surface area contributed by atoms with Gasteiger partial charge >= 0.3 is 0 Å². The van der Waals surface area contributed by atoms with Gasteiger partial charge in [0.25, 0.3) is 5.91 Å². The smallest absolute Gasteiger partial charge is 0.251 e. The van der Waals surface area contributed by atoms with Crippen molar-refractivity contribution in [2.45, 2.75) is 44.1 Å². The minimum Gasteiger partial charge on any atom is -0.497 e. The van der Waals surface area contributed by atoms with Gasteiger partial charge in [-0.1, -0.05) is 25.3 Å². The van der Waals surface area contributed by atoms with Crippen LogP contribution in [0.2, 0.25) is 0 Å². The molecule has 4 rings (SSSR count). The molecule has 1 fully saturated rings. The molecule has 1 heterocycles. The van der Waals surface area contributed by atoms with E-state index in [4.69, 9.17) is 13.9 Å². The number of hydrogen-bond acceptors (Lipinski definition) is 6. The summed E-state index contributed by atoms with van der Waals surface area (Å²) in [6.07, 6.45) is 5.06. The number of benzene rings is 2. The molecule has 0 spiro atoms. The van der Waals surface area contributed by atoms with Crippen LogP contribution >= 0.6 is 0 Å². The van der Waals surface area contributed by atoms with Gasteiger partial charge in [-0.05, 0) is 43.2 Å². The third-order valence-electron chi connectivity index (χ3n) is 5.60. The van der Waals surface area contributed by atoms with E-state index in [0.29, 0.717) is 28.6 Å². The fraction of sp³-hybridized carbons (Fsp3) is 0.417. The summed E-state index contributed by atoms with van der Waals surface area (Å²) in [7, 11) is 1.58. The summed E-state index contributed by atoms with van der Waals surface area (Å²) in [5.74, 6) is 2.14. The monoisotopic (exact) mass is 424 g/mol. The van der Waals surface area contributed by atoms with Gasteiger partial charge in [-0.25, -0.2) is 4.98 Å². The van der Waals surface area contributed by atoms with E-state index in [1.54, 1.807) is 31.4 Å². The third kappa shape index (κ3) is 5.35. The third-order valence-corrected chi connectivity index (χ3v) is 5.60. The standard InChI is InChI=1S/C24H28N2O5/c1-29-19-8-5-9-20(13-19)30-15-18(27)14-25-23(28)17-10-11-21-22(12-17)31-24(26-21)16-6-3-2-4-7-16/h5,8-13,16,18,27H,2-4,6-7,14-15H2,1H3,(H,25,28). The van der Waals surface area contributed by atoms with Crippen molar-refractivity contribution >= 4 is 17.0 Å². The number of nitrogens with one attached hydrogen (secondary N) is 1. The largest absolute Gasteiger partial charge is 0.497 e. The molecule has 164 valence electrons. The molecule has 1 aromatic heterocycles. The Balaban J connectivity index is 1.31. The molecule has 0 saturated heterocycles. The van der Waals surface area contributed by atoms with Gasteiger partial charge in [0.2, 0.25) is 0 Å². The van der Waals surface area contributed by atoms with Crippen molar-refractivity contribution in [1.82, 2.24) is 10.3 Å². The number of fused-ring (bicyclic) bond motifs is 1. The number of amides is 1. The van der Waals surface area contributed by atoms with Crippen molar-refractivity contribution < 1.29 is 23.8 Å². The fourth-order valence-electron chi connectivity index (χ4n) is 3.86. The number of aliphatic hydroxyl groups is 1. The van der Waals surface area contributed by atoms with Crippen LogP contribution in [0.25, 0.3) is 11.1 Å². The van der Waals surface area contributed by atoms with E-state index in [-0.39, 0.29) is 19.1 Å². The number of aromatic nitrogens is 1. The predicted octanol–water partition coefficient (Wildman–Crippen LogP) is 4.05. The maximum Gasteiger partial charge on any atom is 0.251 e. The lowest BCUT2D eigenvalue weighted by molar-refractivity contribution is 0.0843. The van der Waals surface area contributed by atoms with Crippen molar-refractivity contribution in [2.24, 2.45) is 0 Å². The van der Waals surface area contributed by atoms with Crippen LogP contribution in [0.5, 0.6) is 11.5 Å². The first-order chi connectivity index (χ1) is 15.1. The summed E-state index contributed by atoms with van der Waals surface area (Å²) >= 11 is 0. The summed E-state index contributed by atoms with van der Waals surface area (Å²) in [5.41, 5.74) is 1.86. The Morgan fingerprint density at radius 3 is 2.81 bits per heavy atom. The first-order valence-corrected chi connectivity index (χ1v) is 10.8. The highest BCUT2D eigenvalue weighted by molar-refractivity contribution is 5.97. The number of carbonyl (C=O) groups is 1. The lowest BCUT2D eigenvalue weighted by atomic mass is 9.89. The molecule has 2 N–H and O–H groups in total. The number of aliphatic hydroxyl groups excluding tert-OH is 1. The summed E-state index contributed by atoms with van der Waals surface area (Å²) < 4.78 is 16.7. The molecule has 1 amide bonds. The van der Waals surface area contributed by atoms with Crippen molar-refractivity contribution in [1.29, 1.82) is 0 Å². The fourth-order valence-corrected chi connectivity index (χ4v) is 3.86. The second-order valence-electron chi connectivity index (χ2n) is 7.92. The normalized spacial score (nSPS) is 15.5. The average molecular weight is 424 g/mol. The van der Waals surface area contributed by atoms with Crippen LogP contribution in [-0.2, 0) is 0 Å². The summed E-state index contributed by atoms with van der Waals surface area (Å²) in [6, 6.07) is 12.4. The van der Waals surface area contributed by atoms with E-state index in [2.05, 4.69) is 10.3 Å². The minimum absolute atomic E-state index is 0.0549. The Labute approximate surface area is 181 Å². The van der Waals surface area contributed by atoms with Crippen LogP contribution in [0.15, 0.2) is 46.9 Å². The maximum atomic E-state index is 12.5. The highest BCUT2D eigenvalue weighted by atomic mass is 16.5.